The summed E-state index contributed by atoms with van der Waals surface area (Å²) in [4.78, 5) is 26.6. The SMILES string of the molecule is CCOC(=O)Nc1ccccc1-c1cc(=O)c2ccc(F)c(F)c2[nH]1. The molecule has 0 unspecified atom stereocenters. The molecule has 0 radical (unpaired) electrons. The standard InChI is InChI=1S/C18H14F2N2O3/c1-2-25-18(24)22-13-6-4-3-5-10(13)14-9-15(23)11-7-8-12(19)16(20)17(11)21-14/h3-9H,2H2,1H3,(H,21,23)(H,22,24). The van der Waals surface area contributed by atoms with Crippen molar-refractivity contribution in [2.75, 3.05) is 11.9 Å². The van der Waals surface area contributed by atoms with Gasteiger partial charge in [0.05, 0.1) is 23.5 Å². The Kier molecular flexibility index (Phi) is 4.47. The number of carbonyl (C=O) groups is 1. The molecule has 0 bridgehead atoms. The van der Waals surface area contributed by atoms with E-state index in [1.54, 1.807) is 31.2 Å². The number of fused-ring (bicyclic) bond motifs is 1. The number of aromatic amines is 1. The van der Waals surface area contributed by atoms with Crippen LogP contribution in [0.5, 0.6) is 0 Å². The Morgan fingerprint density at radius 1 is 1.20 bits per heavy atom. The van der Waals surface area contributed by atoms with E-state index in [1.807, 2.05) is 0 Å². The summed E-state index contributed by atoms with van der Waals surface area (Å²) in [5, 5.41) is 2.59. The number of hydrogen-bond donors (Lipinski definition) is 2. The van der Waals surface area contributed by atoms with Gasteiger partial charge in [-0.3, -0.25) is 10.1 Å². The van der Waals surface area contributed by atoms with Crippen LogP contribution in [-0.2, 0) is 4.74 Å². The van der Waals surface area contributed by atoms with Crippen LogP contribution in [0.2, 0.25) is 0 Å². The van der Waals surface area contributed by atoms with Crippen molar-refractivity contribution in [3.05, 3.63) is 64.3 Å². The molecule has 0 atom stereocenters. The predicted octanol–water partition coefficient (Wildman–Crippen LogP) is 4.04. The van der Waals surface area contributed by atoms with Crippen molar-refractivity contribution in [1.29, 1.82) is 0 Å². The van der Waals surface area contributed by atoms with E-state index in [-0.39, 0.29) is 23.2 Å². The Bertz CT molecular complexity index is 1010. The lowest BCUT2D eigenvalue weighted by atomic mass is 10.1. The van der Waals surface area contributed by atoms with Gasteiger partial charge in [-0.25, -0.2) is 13.6 Å². The van der Waals surface area contributed by atoms with Crippen LogP contribution in [0.4, 0.5) is 19.3 Å². The van der Waals surface area contributed by atoms with E-state index in [2.05, 4.69) is 10.3 Å². The monoisotopic (exact) mass is 344 g/mol. The van der Waals surface area contributed by atoms with Crippen LogP contribution in [-0.4, -0.2) is 17.7 Å². The van der Waals surface area contributed by atoms with Crippen molar-refractivity contribution >= 4 is 22.7 Å². The van der Waals surface area contributed by atoms with Crippen LogP contribution in [0.1, 0.15) is 6.92 Å². The van der Waals surface area contributed by atoms with E-state index in [0.717, 1.165) is 6.07 Å². The van der Waals surface area contributed by atoms with Crippen LogP contribution in [0, 0.1) is 11.6 Å². The summed E-state index contributed by atoms with van der Waals surface area (Å²) in [7, 11) is 0. The van der Waals surface area contributed by atoms with Crippen LogP contribution in [0.3, 0.4) is 0 Å². The molecule has 1 heterocycles. The average Bonchev–Trinajstić information content (AvgIpc) is 2.59. The Morgan fingerprint density at radius 2 is 1.96 bits per heavy atom. The molecule has 0 saturated carbocycles. The molecule has 2 aromatic carbocycles. The predicted molar refractivity (Wildman–Crippen MR) is 90.6 cm³/mol. The summed E-state index contributed by atoms with van der Waals surface area (Å²) in [6.07, 6.45) is -0.657. The van der Waals surface area contributed by atoms with Gasteiger partial charge >= 0.3 is 6.09 Å². The maximum Gasteiger partial charge on any atom is 0.411 e. The highest BCUT2D eigenvalue weighted by molar-refractivity contribution is 5.92. The van der Waals surface area contributed by atoms with Crippen molar-refractivity contribution in [2.24, 2.45) is 0 Å². The van der Waals surface area contributed by atoms with Gasteiger partial charge in [0.2, 0.25) is 0 Å². The van der Waals surface area contributed by atoms with Crippen LogP contribution < -0.4 is 10.7 Å². The minimum atomic E-state index is -1.13. The van der Waals surface area contributed by atoms with Gasteiger partial charge in [0.1, 0.15) is 0 Å². The smallest absolute Gasteiger partial charge is 0.411 e. The number of pyridine rings is 1. The van der Waals surface area contributed by atoms with E-state index in [4.69, 9.17) is 4.74 Å². The lowest BCUT2D eigenvalue weighted by molar-refractivity contribution is 0.168. The van der Waals surface area contributed by atoms with Gasteiger partial charge in [-0.05, 0) is 25.1 Å². The highest BCUT2D eigenvalue weighted by Crippen LogP contribution is 2.27. The minimum absolute atomic E-state index is 0.0403. The molecule has 0 saturated heterocycles. The second-order valence-corrected chi connectivity index (χ2v) is 5.22. The molecule has 1 amide bonds. The summed E-state index contributed by atoms with van der Waals surface area (Å²) < 4.78 is 32.4. The molecule has 3 aromatic rings. The van der Waals surface area contributed by atoms with Crippen molar-refractivity contribution in [1.82, 2.24) is 4.98 Å². The third-order valence-electron chi connectivity index (χ3n) is 3.62. The molecule has 0 aliphatic heterocycles. The van der Waals surface area contributed by atoms with Gasteiger partial charge in [0, 0.05) is 17.0 Å². The highest BCUT2D eigenvalue weighted by atomic mass is 19.2. The van der Waals surface area contributed by atoms with Gasteiger partial charge in [0.25, 0.3) is 0 Å². The molecular formula is C18H14F2N2O3. The van der Waals surface area contributed by atoms with Gasteiger partial charge in [-0.1, -0.05) is 18.2 Å². The number of anilines is 1. The first-order valence-electron chi connectivity index (χ1n) is 7.55. The average molecular weight is 344 g/mol. The van der Waals surface area contributed by atoms with E-state index in [9.17, 15) is 18.4 Å². The molecular weight excluding hydrogens is 330 g/mol. The van der Waals surface area contributed by atoms with Crippen molar-refractivity contribution in [3.8, 4) is 11.3 Å². The molecule has 1 aromatic heterocycles. The summed E-state index contributed by atoms with van der Waals surface area (Å²) in [6, 6.07) is 10.0. The molecule has 2 N–H and O–H groups in total. The summed E-state index contributed by atoms with van der Waals surface area (Å²) in [5.74, 6) is -2.19. The zero-order valence-electron chi connectivity index (χ0n) is 13.2. The van der Waals surface area contributed by atoms with Crippen molar-refractivity contribution < 1.29 is 18.3 Å². The molecule has 0 fully saturated rings. The molecule has 0 aliphatic rings. The second kappa shape index (κ2) is 6.72. The van der Waals surface area contributed by atoms with Crippen LogP contribution >= 0.6 is 0 Å². The van der Waals surface area contributed by atoms with Gasteiger partial charge in [-0.15, -0.1) is 0 Å². The number of benzene rings is 2. The molecule has 0 spiro atoms. The molecule has 5 nitrogen and oxygen atoms in total. The Balaban J connectivity index is 2.16. The van der Waals surface area contributed by atoms with Crippen molar-refractivity contribution in [2.45, 2.75) is 6.92 Å². The zero-order valence-corrected chi connectivity index (χ0v) is 13.2. The summed E-state index contributed by atoms with van der Waals surface area (Å²) >= 11 is 0. The summed E-state index contributed by atoms with van der Waals surface area (Å²) in [6.45, 7) is 1.87. The number of para-hydroxylation sites is 1. The second-order valence-electron chi connectivity index (χ2n) is 5.22. The van der Waals surface area contributed by atoms with Gasteiger partial charge in [0.15, 0.2) is 17.1 Å². The number of ether oxygens (including phenoxy) is 1. The number of carbonyl (C=O) groups excluding carboxylic acids is 1. The molecule has 0 aliphatic carbocycles. The normalized spacial score (nSPS) is 10.7. The first kappa shape index (κ1) is 16.6. The first-order chi connectivity index (χ1) is 12.0. The Labute approximate surface area is 141 Å². The number of hydrogen-bond acceptors (Lipinski definition) is 3. The van der Waals surface area contributed by atoms with E-state index in [1.165, 1.54) is 12.1 Å². The van der Waals surface area contributed by atoms with E-state index in [0.29, 0.717) is 11.3 Å². The van der Waals surface area contributed by atoms with E-state index < -0.39 is 23.2 Å². The number of amides is 1. The highest BCUT2D eigenvalue weighted by Gasteiger charge is 2.14. The minimum Gasteiger partial charge on any atom is -0.450 e. The maximum atomic E-state index is 14.1. The summed E-state index contributed by atoms with van der Waals surface area (Å²) in [5.41, 5.74) is 0.363. The Hall–Kier alpha value is -3.22. The molecule has 25 heavy (non-hydrogen) atoms. The third kappa shape index (κ3) is 3.21. The fraction of sp³-hybridized carbons (Fsp3) is 0.111. The number of H-pyrrole nitrogens is 1. The van der Waals surface area contributed by atoms with Gasteiger partial charge in [-0.2, -0.15) is 0 Å². The lowest BCUT2D eigenvalue weighted by Crippen LogP contribution is -2.14. The van der Waals surface area contributed by atoms with Crippen LogP contribution in [0.25, 0.3) is 22.2 Å². The van der Waals surface area contributed by atoms with E-state index >= 15 is 0 Å². The topological polar surface area (TPSA) is 71.2 Å². The quantitative estimate of drug-likeness (QED) is 0.753. The maximum absolute atomic E-state index is 14.1. The fourth-order valence-electron chi connectivity index (χ4n) is 2.51. The number of nitrogens with one attached hydrogen (secondary N) is 2. The number of halogens is 2. The molecule has 3 rings (SSSR count). The largest absolute Gasteiger partial charge is 0.450 e. The molecule has 128 valence electrons. The first-order valence-corrected chi connectivity index (χ1v) is 7.55. The zero-order chi connectivity index (χ0) is 18.0. The van der Waals surface area contributed by atoms with Crippen molar-refractivity contribution in [3.63, 3.8) is 0 Å². The van der Waals surface area contributed by atoms with Crippen LogP contribution in [0.15, 0.2) is 47.3 Å². The number of aromatic nitrogens is 1. The molecule has 7 heteroatoms. The Morgan fingerprint density at radius 3 is 2.72 bits per heavy atom. The van der Waals surface area contributed by atoms with Gasteiger partial charge < -0.3 is 9.72 Å². The fourth-order valence-corrected chi connectivity index (χ4v) is 2.51. The third-order valence-corrected chi connectivity index (χ3v) is 3.62. The lowest BCUT2D eigenvalue weighted by Gasteiger charge is -2.12. The number of rotatable bonds is 3.